The summed E-state index contributed by atoms with van der Waals surface area (Å²) >= 11 is 0. The lowest BCUT2D eigenvalue weighted by atomic mass is 10.2. The van der Waals surface area contributed by atoms with E-state index in [2.05, 4.69) is 22.6 Å². The Hall–Kier alpha value is -1.81. The molecule has 1 aliphatic carbocycles. The van der Waals surface area contributed by atoms with Crippen LogP contribution in [0.3, 0.4) is 0 Å². The molecule has 0 spiro atoms. The van der Waals surface area contributed by atoms with Crippen molar-refractivity contribution in [1.82, 2.24) is 10.5 Å². The molecular weight excluding hydrogens is 228 g/mol. The third kappa shape index (κ3) is 3.11. The number of aromatic nitrogens is 1. The molecule has 1 fully saturated rings. The number of ether oxygens (including phenoxy) is 1. The van der Waals surface area contributed by atoms with Crippen LogP contribution in [0.25, 0.3) is 0 Å². The number of hydrogen-bond donors (Lipinski definition) is 1. The normalized spacial score (nSPS) is 14.7. The van der Waals surface area contributed by atoms with Gasteiger partial charge in [-0.25, -0.2) is 0 Å². The molecular formula is C14H16N2O2. The van der Waals surface area contributed by atoms with Crippen molar-refractivity contribution in [3.8, 4) is 5.75 Å². The van der Waals surface area contributed by atoms with Gasteiger partial charge in [0.15, 0.2) is 5.76 Å². The van der Waals surface area contributed by atoms with E-state index in [1.54, 1.807) is 12.3 Å². The molecule has 0 bridgehead atoms. The van der Waals surface area contributed by atoms with Crippen molar-refractivity contribution >= 4 is 0 Å². The van der Waals surface area contributed by atoms with Gasteiger partial charge in [-0.2, -0.15) is 0 Å². The number of benzene rings is 1. The van der Waals surface area contributed by atoms with Gasteiger partial charge in [-0.1, -0.05) is 17.3 Å². The first-order valence-corrected chi connectivity index (χ1v) is 6.25. The Kier molecular flexibility index (Phi) is 3.28. The van der Waals surface area contributed by atoms with Crippen LogP contribution >= 0.6 is 0 Å². The van der Waals surface area contributed by atoms with Crippen LogP contribution < -0.4 is 10.1 Å². The van der Waals surface area contributed by atoms with Crippen LogP contribution in [0.1, 0.15) is 24.2 Å². The molecule has 94 valence electrons. The van der Waals surface area contributed by atoms with Gasteiger partial charge in [0.05, 0.1) is 6.20 Å². The number of nitrogens with zero attached hydrogens (tertiary/aromatic N) is 1. The summed E-state index contributed by atoms with van der Waals surface area (Å²) in [4.78, 5) is 0. The minimum absolute atomic E-state index is 0.416. The highest BCUT2D eigenvalue weighted by atomic mass is 16.5. The van der Waals surface area contributed by atoms with Gasteiger partial charge in [-0.3, -0.25) is 0 Å². The molecule has 1 aromatic heterocycles. The molecule has 1 heterocycles. The average molecular weight is 244 g/mol. The minimum atomic E-state index is 0.416. The van der Waals surface area contributed by atoms with Crippen molar-refractivity contribution in [1.29, 1.82) is 0 Å². The zero-order valence-corrected chi connectivity index (χ0v) is 10.1. The first-order chi connectivity index (χ1) is 8.90. The highest BCUT2D eigenvalue weighted by Gasteiger charge is 2.19. The standard InChI is InChI=1S/C14H16N2O2/c1-5-13(17-10-14-7-8-16-18-14)6-2-11(1)9-15-12-3-4-12/h1-2,5-8,12,15H,3-4,9-10H2. The van der Waals surface area contributed by atoms with Crippen LogP contribution in [-0.2, 0) is 13.2 Å². The molecule has 2 aromatic rings. The van der Waals surface area contributed by atoms with Gasteiger partial charge in [0, 0.05) is 18.7 Å². The maximum Gasteiger partial charge on any atom is 0.174 e. The van der Waals surface area contributed by atoms with E-state index in [0.29, 0.717) is 6.61 Å². The Labute approximate surface area is 106 Å². The van der Waals surface area contributed by atoms with Gasteiger partial charge in [0.2, 0.25) is 0 Å². The van der Waals surface area contributed by atoms with Gasteiger partial charge in [0.1, 0.15) is 12.4 Å². The third-order valence-electron chi connectivity index (χ3n) is 2.97. The lowest BCUT2D eigenvalue weighted by molar-refractivity contribution is 0.249. The summed E-state index contributed by atoms with van der Waals surface area (Å²) in [6.45, 7) is 1.35. The zero-order chi connectivity index (χ0) is 12.2. The molecule has 1 N–H and O–H groups in total. The van der Waals surface area contributed by atoms with Crippen molar-refractivity contribution in [3.05, 3.63) is 47.9 Å². The summed E-state index contributed by atoms with van der Waals surface area (Å²) in [6, 6.07) is 10.7. The third-order valence-corrected chi connectivity index (χ3v) is 2.97. The predicted octanol–water partition coefficient (Wildman–Crippen LogP) is 2.51. The Morgan fingerprint density at radius 1 is 1.22 bits per heavy atom. The van der Waals surface area contributed by atoms with Gasteiger partial charge in [-0.05, 0) is 30.5 Å². The van der Waals surface area contributed by atoms with Gasteiger partial charge in [0.25, 0.3) is 0 Å². The molecule has 18 heavy (non-hydrogen) atoms. The fraction of sp³-hybridized carbons (Fsp3) is 0.357. The molecule has 0 radical (unpaired) electrons. The highest BCUT2D eigenvalue weighted by Crippen LogP contribution is 2.20. The van der Waals surface area contributed by atoms with Crippen molar-refractivity contribution in [2.24, 2.45) is 0 Å². The van der Waals surface area contributed by atoms with E-state index in [0.717, 1.165) is 24.1 Å². The van der Waals surface area contributed by atoms with Crippen LogP contribution in [0.5, 0.6) is 5.75 Å². The number of nitrogens with one attached hydrogen (secondary N) is 1. The molecule has 0 amide bonds. The zero-order valence-electron chi connectivity index (χ0n) is 10.1. The van der Waals surface area contributed by atoms with Crippen molar-refractivity contribution in [2.75, 3.05) is 0 Å². The minimum Gasteiger partial charge on any atom is -0.486 e. The average Bonchev–Trinajstić information content (AvgIpc) is 3.09. The molecule has 1 aromatic carbocycles. The maximum atomic E-state index is 5.59. The molecule has 0 saturated heterocycles. The Morgan fingerprint density at radius 3 is 2.72 bits per heavy atom. The van der Waals surface area contributed by atoms with Gasteiger partial charge >= 0.3 is 0 Å². The predicted molar refractivity (Wildman–Crippen MR) is 67.1 cm³/mol. The Bertz CT molecular complexity index is 475. The van der Waals surface area contributed by atoms with E-state index in [-0.39, 0.29) is 0 Å². The van der Waals surface area contributed by atoms with Crippen LogP contribution in [0.2, 0.25) is 0 Å². The summed E-state index contributed by atoms with van der Waals surface area (Å²) in [7, 11) is 0. The topological polar surface area (TPSA) is 47.3 Å². The summed E-state index contributed by atoms with van der Waals surface area (Å²) in [5.74, 6) is 1.58. The lowest BCUT2D eigenvalue weighted by Gasteiger charge is -2.06. The summed E-state index contributed by atoms with van der Waals surface area (Å²) < 4.78 is 10.6. The van der Waals surface area contributed by atoms with E-state index in [1.165, 1.54) is 18.4 Å². The van der Waals surface area contributed by atoms with Crippen LogP contribution in [0.15, 0.2) is 41.1 Å². The summed E-state index contributed by atoms with van der Waals surface area (Å²) in [5.41, 5.74) is 1.29. The quantitative estimate of drug-likeness (QED) is 0.848. The second-order valence-corrected chi connectivity index (χ2v) is 4.57. The summed E-state index contributed by atoms with van der Waals surface area (Å²) in [5, 5.41) is 7.11. The van der Waals surface area contributed by atoms with Crippen molar-refractivity contribution in [2.45, 2.75) is 32.0 Å². The molecule has 4 nitrogen and oxygen atoms in total. The first kappa shape index (κ1) is 11.3. The molecule has 1 aliphatic rings. The lowest BCUT2D eigenvalue weighted by Crippen LogP contribution is -2.15. The first-order valence-electron chi connectivity index (χ1n) is 6.25. The van der Waals surface area contributed by atoms with E-state index < -0.39 is 0 Å². The molecule has 3 rings (SSSR count). The van der Waals surface area contributed by atoms with E-state index >= 15 is 0 Å². The van der Waals surface area contributed by atoms with Crippen LogP contribution in [0.4, 0.5) is 0 Å². The molecule has 0 aliphatic heterocycles. The highest BCUT2D eigenvalue weighted by molar-refractivity contribution is 5.27. The largest absolute Gasteiger partial charge is 0.486 e. The van der Waals surface area contributed by atoms with Crippen molar-refractivity contribution < 1.29 is 9.26 Å². The monoisotopic (exact) mass is 244 g/mol. The SMILES string of the molecule is c1cc(COc2ccc(CNC3CC3)cc2)on1. The van der Waals surface area contributed by atoms with Crippen molar-refractivity contribution in [3.63, 3.8) is 0 Å². The smallest absolute Gasteiger partial charge is 0.174 e. The van der Waals surface area contributed by atoms with Gasteiger partial charge in [-0.15, -0.1) is 0 Å². The molecule has 4 heteroatoms. The maximum absolute atomic E-state index is 5.59. The molecule has 0 unspecified atom stereocenters. The summed E-state index contributed by atoms with van der Waals surface area (Å²) in [6.07, 6.45) is 4.25. The second kappa shape index (κ2) is 5.23. The van der Waals surface area contributed by atoms with Gasteiger partial charge < -0.3 is 14.6 Å². The molecule has 1 saturated carbocycles. The fourth-order valence-electron chi connectivity index (χ4n) is 1.72. The Balaban J connectivity index is 1.50. The van der Waals surface area contributed by atoms with Crippen LogP contribution in [-0.4, -0.2) is 11.2 Å². The second-order valence-electron chi connectivity index (χ2n) is 4.57. The molecule has 0 atom stereocenters. The van der Waals surface area contributed by atoms with E-state index in [4.69, 9.17) is 9.26 Å². The van der Waals surface area contributed by atoms with E-state index in [1.807, 2.05) is 12.1 Å². The number of hydrogen-bond acceptors (Lipinski definition) is 4. The Morgan fingerprint density at radius 2 is 2.06 bits per heavy atom. The van der Waals surface area contributed by atoms with E-state index in [9.17, 15) is 0 Å². The fourth-order valence-corrected chi connectivity index (χ4v) is 1.72. The number of rotatable bonds is 6. The van der Waals surface area contributed by atoms with Crippen LogP contribution in [0, 0.1) is 0 Å².